The second-order valence-corrected chi connectivity index (χ2v) is 19.4. The number of aliphatic hydroxyl groups excluding tert-OH is 13. The van der Waals surface area contributed by atoms with E-state index in [9.17, 15) is 95.2 Å². The first kappa shape index (κ1) is 64.4. The van der Waals surface area contributed by atoms with E-state index in [0.717, 1.165) is 0 Å². The summed E-state index contributed by atoms with van der Waals surface area (Å²) in [5.41, 5.74) is 0. The zero-order valence-corrected chi connectivity index (χ0v) is 42.3. The highest BCUT2D eigenvalue weighted by Gasteiger charge is 2.52. The Kier molecular flexibility index (Phi) is 25.9. The highest BCUT2D eigenvalue weighted by atomic mass is 16.8. The Morgan fingerprint density at radius 2 is 1.04 bits per heavy atom. The largest absolute Gasteiger partial charge is 0.394 e. The zero-order chi connectivity index (χ0) is 56.7. The van der Waals surface area contributed by atoms with E-state index < -0.39 is 185 Å². The molecule has 5 fully saturated rings. The molecule has 442 valence electrons. The lowest BCUT2D eigenvalue weighted by molar-refractivity contribution is -0.366. The van der Waals surface area contributed by atoms with Crippen LogP contribution in [0.3, 0.4) is 0 Å². The molecule has 5 saturated heterocycles. The second kappa shape index (κ2) is 30.9. The molecule has 0 aromatic heterocycles. The summed E-state index contributed by atoms with van der Waals surface area (Å²) in [6.07, 6.45) is -31.6. The van der Waals surface area contributed by atoms with Crippen LogP contribution in [-0.2, 0) is 71.5 Å². The van der Waals surface area contributed by atoms with Gasteiger partial charge in [-0.3, -0.25) is 28.9 Å². The fourth-order valence-corrected chi connectivity index (χ4v) is 8.89. The van der Waals surface area contributed by atoms with E-state index in [2.05, 4.69) is 5.32 Å². The van der Waals surface area contributed by atoms with Gasteiger partial charge in [-0.05, 0) is 26.2 Å². The number of amides is 3. The molecule has 20 atom stereocenters. The molecule has 0 radical (unpaired) electrons. The zero-order valence-electron chi connectivity index (χ0n) is 42.3. The number of unbranched alkanes of at least 4 members (excludes halogenated alkanes) is 3. The average Bonchev–Trinajstić information content (AvgIpc) is 3.72. The molecule has 0 aliphatic carbocycles. The first-order valence-corrected chi connectivity index (χ1v) is 25.5. The summed E-state index contributed by atoms with van der Waals surface area (Å²) in [6, 6.07) is 0. The Bertz CT molecular complexity index is 1890. The van der Waals surface area contributed by atoms with Crippen LogP contribution in [0.4, 0.5) is 0 Å². The highest BCUT2D eigenvalue weighted by molar-refractivity contribution is 6.01. The van der Waals surface area contributed by atoms with Crippen LogP contribution in [-0.4, -0.2) is 294 Å². The summed E-state index contributed by atoms with van der Waals surface area (Å²) in [5.74, 6) is -3.40. The van der Waals surface area contributed by atoms with Crippen molar-refractivity contribution in [2.24, 2.45) is 0 Å². The molecule has 0 bridgehead atoms. The molecule has 31 heteroatoms. The molecule has 0 aromatic rings. The van der Waals surface area contributed by atoms with Gasteiger partial charge in [-0.2, -0.15) is 0 Å². The molecule has 14 N–H and O–H groups in total. The lowest BCUT2D eigenvalue weighted by Gasteiger charge is -2.46. The molecular weight excluding hydrogens is 1040 g/mol. The smallest absolute Gasteiger partial charge is 0.333 e. The number of hydroxylamine groups is 2. The van der Waals surface area contributed by atoms with E-state index in [1.54, 1.807) is 0 Å². The molecule has 31 nitrogen and oxygen atoms in total. The van der Waals surface area contributed by atoms with Crippen molar-refractivity contribution >= 4 is 35.3 Å². The number of ether oxygens (including phenoxy) is 8. The van der Waals surface area contributed by atoms with Gasteiger partial charge in [0.15, 0.2) is 25.2 Å². The summed E-state index contributed by atoms with van der Waals surface area (Å²) in [5, 5.41) is 137. The van der Waals surface area contributed by atoms with Gasteiger partial charge in [0.05, 0.1) is 58.8 Å². The van der Waals surface area contributed by atoms with Crippen molar-refractivity contribution in [3.05, 3.63) is 0 Å². The van der Waals surface area contributed by atoms with Crippen molar-refractivity contribution in [3.63, 3.8) is 0 Å². The average molecular weight is 1120 g/mol. The van der Waals surface area contributed by atoms with Crippen molar-refractivity contribution in [2.45, 2.75) is 194 Å². The summed E-state index contributed by atoms with van der Waals surface area (Å²) < 4.78 is 44.4. The topological polar surface area (TPSA) is 467 Å². The Labute approximate surface area is 440 Å². The van der Waals surface area contributed by atoms with E-state index in [-0.39, 0.29) is 70.5 Å². The lowest BCUT2D eigenvalue weighted by atomic mass is 9.96. The fraction of sp³-hybridized carbons (Fsp3) is 0.870. The monoisotopic (exact) mass is 1120 g/mol. The fourth-order valence-electron chi connectivity index (χ4n) is 8.89. The van der Waals surface area contributed by atoms with Crippen LogP contribution in [0.25, 0.3) is 0 Å². The molecule has 3 amide bonds. The third-order valence-electron chi connectivity index (χ3n) is 13.4. The molecule has 0 saturated carbocycles. The Balaban J connectivity index is 1.15. The normalized spacial score (nSPS) is 36.8. The van der Waals surface area contributed by atoms with E-state index in [0.29, 0.717) is 30.7 Å². The standard InChI is InChI=1S/C46H75N3O28/c1-21-31(58)35(62)38(65)43(72-21)69-13-6-8-23(53)16-48(15-22(52)7-4-2-3-5-9-30(57)77-49-28(55)10-11-29(49)56)17-27(54)47-12-14-70-45-41(68)42(76-46-40(67)37(64)33(60)25(19-51)74-46)34(61)26(75-45)20-71-44-39(66)36(63)32(59)24(18-50)73-44/h21,24-26,31-46,50-51,58-68H,2-20H2,1H3,(H,47,54)/t21-,24+,25+,26+,31+,32+,33+,34+,35+,36-,37-,38-,39-,40-,41-,42-,43+,44-,45+,46+/m0/s1. The van der Waals surface area contributed by atoms with E-state index in [4.69, 9.17) is 42.7 Å². The molecule has 5 aliphatic heterocycles. The lowest BCUT2D eigenvalue weighted by Crippen LogP contribution is -2.65. The van der Waals surface area contributed by atoms with Crippen LogP contribution in [0.15, 0.2) is 0 Å². The third kappa shape index (κ3) is 18.0. The minimum Gasteiger partial charge on any atom is -0.394 e. The Morgan fingerprint density at radius 1 is 0.545 bits per heavy atom. The van der Waals surface area contributed by atoms with Crippen LogP contribution in [0.5, 0.6) is 0 Å². The molecule has 5 heterocycles. The van der Waals surface area contributed by atoms with Crippen molar-refractivity contribution in [3.8, 4) is 0 Å². The highest BCUT2D eigenvalue weighted by Crippen LogP contribution is 2.31. The molecule has 0 spiro atoms. The molecular formula is C46H75N3O28. The van der Waals surface area contributed by atoms with Gasteiger partial charge < -0.3 is 114 Å². The second-order valence-electron chi connectivity index (χ2n) is 19.4. The van der Waals surface area contributed by atoms with E-state index >= 15 is 0 Å². The van der Waals surface area contributed by atoms with Gasteiger partial charge in [0.2, 0.25) is 5.91 Å². The van der Waals surface area contributed by atoms with Crippen LogP contribution in [0, 0.1) is 0 Å². The van der Waals surface area contributed by atoms with Crippen LogP contribution >= 0.6 is 0 Å². The van der Waals surface area contributed by atoms with Gasteiger partial charge in [-0.25, -0.2) is 4.79 Å². The maximum absolute atomic E-state index is 13.3. The SMILES string of the molecule is C[C@@H]1O[C@@H](OCCCC(=O)CN(CC(=O)CCCCCCC(=O)ON2C(=O)CCC2=O)CC(=O)NCCO[C@@H]2O[C@H](CO[C@H]3O[C@H](CO)[C@@H](O)[C@H](O)[C@@H]3O)[C@@H](O)[C@H](O[C@H]3O[C@H](CO)[C@@H](O)[C@H](O)[C@@H]3O)[C@@H]2O)[C@@H](O)[C@H](O)[C@@H]1O. The quantitative estimate of drug-likeness (QED) is 0.0235. The number of carbonyl (C=O) groups excluding carboxylic acids is 6. The minimum atomic E-state index is -1.99. The molecule has 5 rings (SSSR count). The maximum Gasteiger partial charge on any atom is 0.333 e. The number of ketones is 2. The summed E-state index contributed by atoms with van der Waals surface area (Å²) >= 11 is 0. The first-order chi connectivity index (χ1) is 36.6. The predicted molar refractivity (Wildman–Crippen MR) is 247 cm³/mol. The first-order valence-electron chi connectivity index (χ1n) is 25.5. The van der Waals surface area contributed by atoms with Crippen LogP contribution in [0.1, 0.15) is 71.1 Å². The molecule has 0 aromatic carbocycles. The summed E-state index contributed by atoms with van der Waals surface area (Å²) in [6.45, 7) is -2.95. The van der Waals surface area contributed by atoms with Crippen molar-refractivity contribution in [1.82, 2.24) is 15.3 Å². The van der Waals surface area contributed by atoms with Crippen LogP contribution in [0.2, 0.25) is 0 Å². The molecule has 77 heavy (non-hydrogen) atoms. The number of Topliss-reactive ketones (excluding diaryl/α,β-unsaturated/α-hetero) is 2. The number of hydrogen-bond acceptors (Lipinski definition) is 29. The molecule has 0 unspecified atom stereocenters. The van der Waals surface area contributed by atoms with Gasteiger partial charge in [-0.1, -0.05) is 12.8 Å². The maximum atomic E-state index is 13.3. The van der Waals surface area contributed by atoms with E-state index in [1.165, 1.54) is 11.8 Å². The Hall–Kier alpha value is -3.46. The Morgan fingerprint density at radius 3 is 1.64 bits per heavy atom. The third-order valence-corrected chi connectivity index (χ3v) is 13.4. The number of rotatable bonds is 30. The number of carbonyl (C=O) groups is 6. The minimum absolute atomic E-state index is 0.0337. The van der Waals surface area contributed by atoms with Crippen molar-refractivity contribution < 1.29 is 138 Å². The van der Waals surface area contributed by atoms with E-state index in [1.807, 2.05) is 0 Å². The predicted octanol–water partition coefficient (Wildman–Crippen LogP) is -8.42. The van der Waals surface area contributed by atoms with Gasteiger partial charge >= 0.3 is 5.97 Å². The van der Waals surface area contributed by atoms with Gasteiger partial charge in [0.1, 0.15) is 103 Å². The van der Waals surface area contributed by atoms with Gasteiger partial charge in [0, 0.05) is 38.6 Å². The number of imide groups is 1. The molecule has 5 aliphatic rings. The number of hydrogen-bond donors (Lipinski definition) is 14. The number of nitrogens with zero attached hydrogens (tertiary/aromatic N) is 2. The number of nitrogens with one attached hydrogen (secondary N) is 1. The summed E-state index contributed by atoms with van der Waals surface area (Å²) in [7, 11) is 0. The van der Waals surface area contributed by atoms with Crippen molar-refractivity contribution in [1.29, 1.82) is 0 Å². The van der Waals surface area contributed by atoms with Crippen molar-refractivity contribution in [2.75, 3.05) is 59.2 Å². The summed E-state index contributed by atoms with van der Waals surface area (Å²) in [4.78, 5) is 81.4. The van der Waals surface area contributed by atoms with Crippen LogP contribution < -0.4 is 5.32 Å². The van der Waals surface area contributed by atoms with Gasteiger partial charge in [0.25, 0.3) is 11.8 Å². The van der Waals surface area contributed by atoms with Gasteiger partial charge in [-0.15, -0.1) is 5.06 Å². The number of aliphatic hydroxyl groups is 13.